The molecule has 0 aliphatic carbocycles. The predicted octanol–water partition coefficient (Wildman–Crippen LogP) is 2.08. The Morgan fingerprint density at radius 3 is 2.50 bits per heavy atom. The normalized spacial score (nSPS) is 10.2. The summed E-state index contributed by atoms with van der Waals surface area (Å²) in [6.07, 6.45) is 6.82. The summed E-state index contributed by atoms with van der Waals surface area (Å²) in [5, 5.41) is 0. The van der Waals surface area contributed by atoms with Gasteiger partial charge in [-0.3, -0.25) is 0 Å². The van der Waals surface area contributed by atoms with E-state index >= 15 is 0 Å². The second-order valence-electron chi connectivity index (χ2n) is 1.63. The van der Waals surface area contributed by atoms with Crippen molar-refractivity contribution in [1.82, 2.24) is 0 Å². The molecule has 0 saturated heterocycles. The third-order valence-electron chi connectivity index (χ3n) is 0.888. The Labute approximate surface area is 62.4 Å². The van der Waals surface area contributed by atoms with Gasteiger partial charge in [-0.05, 0) is 0 Å². The van der Waals surface area contributed by atoms with Gasteiger partial charge in [-0.1, -0.05) is 0 Å². The van der Waals surface area contributed by atoms with Crippen molar-refractivity contribution in [3.05, 3.63) is 12.2 Å². The van der Waals surface area contributed by atoms with Gasteiger partial charge in [0, 0.05) is 0 Å². The van der Waals surface area contributed by atoms with Crippen molar-refractivity contribution in [3.8, 4) is 0 Å². The number of rotatable bonds is 3. The topological polar surface area (TPSA) is 0 Å². The van der Waals surface area contributed by atoms with E-state index in [-0.39, 0.29) is 0 Å². The fourth-order valence-corrected chi connectivity index (χ4v) is 0.713. The van der Waals surface area contributed by atoms with Crippen LogP contribution in [0.1, 0.15) is 26.7 Å². The van der Waals surface area contributed by atoms with E-state index in [2.05, 4.69) is 26.0 Å². The molecule has 0 aromatic carbocycles. The zero-order valence-corrected chi connectivity index (χ0v) is 8.41. The third kappa shape index (κ3) is 4.46. The molecule has 0 saturated carbocycles. The molecule has 0 spiro atoms. The van der Waals surface area contributed by atoms with Crippen LogP contribution in [0.2, 0.25) is 0 Å². The van der Waals surface area contributed by atoms with Crippen LogP contribution in [-0.2, 0) is 19.4 Å². The first-order valence-electron chi connectivity index (χ1n) is 3.00. The van der Waals surface area contributed by atoms with Gasteiger partial charge in [0.1, 0.15) is 0 Å². The molecule has 0 aromatic heterocycles. The first-order valence-corrected chi connectivity index (χ1v) is 4.47. The zero-order valence-electron chi connectivity index (χ0n) is 5.48. The van der Waals surface area contributed by atoms with Gasteiger partial charge in [0.15, 0.2) is 0 Å². The van der Waals surface area contributed by atoms with Crippen LogP contribution < -0.4 is 0 Å². The van der Waals surface area contributed by atoms with E-state index in [1.807, 2.05) is 0 Å². The van der Waals surface area contributed by atoms with Crippen molar-refractivity contribution < 1.29 is 19.4 Å². The molecule has 0 atom stereocenters. The molecule has 0 unspecified atom stereocenters. The maximum atomic E-state index is 2.23. The van der Waals surface area contributed by atoms with Gasteiger partial charge in [-0.15, -0.1) is 0 Å². The molecule has 46 valence electrons. The molecule has 0 rings (SSSR count). The van der Waals surface area contributed by atoms with E-state index in [4.69, 9.17) is 0 Å². The van der Waals surface area contributed by atoms with Gasteiger partial charge in [0.05, 0.1) is 0 Å². The first-order chi connectivity index (χ1) is 3.81. The van der Waals surface area contributed by atoms with Crippen molar-refractivity contribution in [1.29, 1.82) is 0 Å². The van der Waals surface area contributed by atoms with Crippen LogP contribution in [0.5, 0.6) is 0 Å². The Morgan fingerprint density at radius 2 is 2.12 bits per heavy atom. The van der Waals surface area contributed by atoms with E-state index in [1.54, 1.807) is 23.3 Å². The predicted molar refractivity (Wildman–Crippen MR) is 34.7 cm³/mol. The fraction of sp³-hybridized carbons (Fsp3) is 0.571. The second-order valence-corrected chi connectivity index (χ2v) is 3.51. The third-order valence-corrected chi connectivity index (χ3v) is 2.41. The molecule has 1 heteroatoms. The van der Waals surface area contributed by atoms with Gasteiger partial charge in [-0.2, -0.15) is 0 Å². The van der Waals surface area contributed by atoms with Gasteiger partial charge in [0.25, 0.3) is 0 Å². The minimum atomic E-state index is 1.16. The quantitative estimate of drug-likeness (QED) is 0.742. The molecule has 0 N–H and O–H groups in total. The molecular formula is C7H12W. The Balaban J connectivity index is 3.37. The molecule has 0 aliphatic rings. The van der Waals surface area contributed by atoms with Gasteiger partial charge in [0.2, 0.25) is 0 Å². The first kappa shape index (κ1) is 8.30. The van der Waals surface area contributed by atoms with E-state index in [0.717, 1.165) is 6.42 Å². The van der Waals surface area contributed by atoms with Gasteiger partial charge >= 0.3 is 62.1 Å². The molecule has 8 heavy (non-hydrogen) atoms. The molecule has 0 nitrogen and oxygen atoms in total. The summed E-state index contributed by atoms with van der Waals surface area (Å²) in [4.78, 5) is 0. The number of hydrogen-bond acceptors (Lipinski definition) is 0. The summed E-state index contributed by atoms with van der Waals surface area (Å²) in [5.74, 6) is 0. The fourth-order valence-electron chi connectivity index (χ4n) is 0.367. The van der Waals surface area contributed by atoms with Crippen LogP contribution >= 0.6 is 0 Å². The Morgan fingerprint density at radius 1 is 1.50 bits per heavy atom. The Kier molecular flexibility index (Phi) is 5.64. The van der Waals surface area contributed by atoms with E-state index < -0.39 is 0 Å². The van der Waals surface area contributed by atoms with Crippen molar-refractivity contribution in [2.24, 2.45) is 0 Å². The van der Waals surface area contributed by atoms with Crippen LogP contribution in [0.15, 0.2) is 12.2 Å². The Bertz CT molecular complexity index is 92.6. The molecule has 0 aliphatic heterocycles. The summed E-state index contributed by atoms with van der Waals surface area (Å²) >= 11 is 1.60. The minimum absolute atomic E-state index is 1.16. The zero-order chi connectivity index (χ0) is 6.41. The molecule has 0 bridgehead atoms. The molecule has 0 radical (unpaired) electrons. The molecular weight excluding hydrogens is 268 g/mol. The monoisotopic (exact) mass is 280 g/mol. The van der Waals surface area contributed by atoms with Crippen molar-refractivity contribution in [2.45, 2.75) is 26.7 Å². The molecule has 0 aromatic rings. The van der Waals surface area contributed by atoms with Crippen molar-refractivity contribution in [3.63, 3.8) is 0 Å². The average molecular weight is 280 g/mol. The molecule has 0 fully saturated rings. The standard InChI is InChI=1S/C7H12.W/c1-3-5-7-6-4-2;/h5,7H,3-4H2,1-2H3;. The average Bonchev–Trinajstić information content (AvgIpc) is 1.83. The van der Waals surface area contributed by atoms with Gasteiger partial charge < -0.3 is 0 Å². The SMILES string of the molecule is CCC=C[C](=[W])CC. The summed E-state index contributed by atoms with van der Waals surface area (Å²) in [7, 11) is 0. The van der Waals surface area contributed by atoms with E-state index in [1.165, 1.54) is 6.42 Å². The van der Waals surface area contributed by atoms with Crippen LogP contribution in [-0.4, -0.2) is 3.90 Å². The Hall–Kier alpha value is 0.298. The summed E-state index contributed by atoms with van der Waals surface area (Å²) < 4.78 is 1.55. The number of hydrogen-bond donors (Lipinski definition) is 0. The maximum absolute atomic E-state index is 2.23. The van der Waals surface area contributed by atoms with Crippen LogP contribution in [0.3, 0.4) is 0 Å². The summed E-state index contributed by atoms with van der Waals surface area (Å²) in [6, 6.07) is 0. The van der Waals surface area contributed by atoms with E-state index in [9.17, 15) is 0 Å². The summed E-state index contributed by atoms with van der Waals surface area (Å²) in [6.45, 7) is 4.36. The van der Waals surface area contributed by atoms with Crippen molar-refractivity contribution >= 4 is 3.90 Å². The van der Waals surface area contributed by atoms with Crippen molar-refractivity contribution in [2.75, 3.05) is 0 Å². The molecule has 0 amide bonds. The van der Waals surface area contributed by atoms with Crippen LogP contribution in [0.4, 0.5) is 0 Å². The van der Waals surface area contributed by atoms with Gasteiger partial charge in [-0.25, -0.2) is 0 Å². The second kappa shape index (κ2) is 5.44. The van der Waals surface area contributed by atoms with E-state index in [0.29, 0.717) is 0 Å². The number of allylic oxidation sites excluding steroid dienone is 2. The molecule has 0 heterocycles. The van der Waals surface area contributed by atoms with Crippen LogP contribution in [0, 0.1) is 0 Å². The summed E-state index contributed by atoms with van der Waals surface area (Å²) in [5.41, 5.74) is 0. The van der Waals surface area contributed by atoms with Crippen LogP contribution in [0.25, 0.3) is 0 Å².